The fourth-order valence-corrected chi connectivity index (χ4v) is 3.69. The number of anilines is 1. The number of amides is 1. The summed E-state index contributed by atoms with van der Waals surface area (Å²) < 4.78 is 15.1. The number of hydrogen-bond acceptors (Lipinski definition) is 8. The van der Waals surface area contributed by atoms with Crippen molar-refractivity contribution in [2.45, 2.75) is 19.4 Å². The van der Waals surface area contributed by atoms with Gasteiger partial charge in [0.05, 0.1) is 37.6 Å². The van der Waals surface area contributed by atoms with Crippen LogP contribution in [0, 0.1) is 5.92 Å². The van der Waals surface area contributed by atoms with Crippen LogP contribution in [0.5, 0.6) is 5.88 Å². The van der Waals surface area contributed by atoms with Crippen molar-refractivity contribution in [3.63, 3.8) is 0 Å². The van der Waals surface area contributed by atoms with Gasteiger partial charge < -0.3 is 28.8 Å². The fourth-order valence-electron chi connectivity index (χ4n) is 3.69. The smallest absolute Gasteiger partial charge is 0.270 e. The normalized spacial score (nSPS) is 14.3. The molecule has 11 nitrogen and oxygen atoms in total. The highest BCUT2D eigenvalue weighted by molar-refractivity contribution is 5.92. The molecule has 0 aromatic carbocycles. The number of nitrogens with one attached hydrogen (secondary N) is 1. The largest absolute Gasteiger partial charge is 0.477 e. The van der Waals surface area contributed by atoms with Crippen LogP contribution in [0.1, 0.15) is 29.0 Å². The van der Waals surface area contributed by atoms with Gasteiger partial charge in [0.25, 0.3) is 5.91 Å². The second-order valence-corrected chi connectivity index (χ2v) is 8.36. The molecule has 3 aromatic heterocycles. The van der Waals surface area contributed by atoms with Gasteiger partial charge in [0.15, 0.2) is 5.82 Å². The lowest BCUT2D eigenvalue weighted by Gasteiger charge is -2.22. The van der Waals surface area contributed by atoms with Gasteiger partial charge in [0.2, 0.25) is 11.8 Å². The van der Waals surface area contributed by atoms with E-state index in [9.17, 15) is 4.79 Å². The third-order valence-electron chi connectivity index (χ3n) is 5.68. The predicted octanol–water partition coefficient (Wildman–Crippen LogP) is 1.41. The Kier molecular flexibility index (Phi) is 6.87. The summed E-state index contributed by atoms with van der Waals surface area (Å²) in [5, 5.41) is 2.93. The summed E-state index contributed by atoms with van der Waals surface area (Å²) in [6.07, 6.45) is 6.98. The summed E-state index contributed by atoms with van der Waals surface area (Å²) in [7, 11) is 7.61. The number of rotatable bonds is 8. The molecule has 0 bridgehead atoms. The molecule has 4 heterocycles. The zero-order valence-corrected chi connectivity index (χ0v) is 19.5. The van der Waals surface area contributed by atoms with E-state index in [2.05, 4.69) is 25.3 Å². The number of aromatic nitrogens is 6. The molecule has 1 aliphatic rings. The lowest BCUT2D eigenvalue weighted by atomic mass is 10.0. The summed E-state index contributed by atoms with van der Waals surface area (Å²) in [6, 6.07) is 1.59. The summed E-state index contributed by atoms with van der Waals surface area (Å²) in [5.74, 6) is 1.66. The Hall–Kier alpha value is -3.47. The van der Waals surface area contributed by atoms with Gasteiger partial charge >= 0.3 is 0 Å². The van der Waals surface area contributed by atoms with Crippen LogP contribution in [0.15, 0.2) is 24.8 Å². The highest BCUT2D eigenvalue weighted by atomic mass is 16.5. The average molecular weight is 455 g/mol. The van der Waals surface area contributed by atoms with E-state index in [-0.39, 0.29) is 11.6 Å². The monoisotopic (exact) mass is 454 g/mol. The molecule has 4 rings (SSSR count). The van der Waals surface area contributed by atoms with Crippen LogP contribution in [0.25, 0.3) is 11.5 Å². The molecule has 1 fully saturated rings. The number of ether oxygens (including phenoxy) is 2. The molecular weight excluding hydrogens is 424 g/mol. The van der Waals surface area contributed by atoms with E-state index in [1.165, 1.54) is 0 Å². The molecule has 33 heavy (non-hydrogen) atoms. The lowest BCUT2D eigenvalue weighted by molar-refractivity contribution is 0.0490. The molecule has 176 valence electrons. The lowest BCUT2D eigenvalue weighted by Crippen LogP contribution is -2.26. The van der Waals surface area contributed by atoms with Crippen LogP contribution in [0.4, 0.5) is 5.95 Å². The van der Waals surface area contributed by atoms with E-state index in [0.717, 1.165) is 37.7 Å². The van der Waals surface area contributed by atoms with Gasteiger partial charge in [-0.05, 0) is 18.8 Å². The van der Waals surface area contributed by atoms with E-state index in [0.29, 0.717) is 36.5 Å². The second-order valence-electron chi connectivity index (χ2n) is 8.36. The van der Waals surface area contributed by atoms with Crippen molar-refractivity contribution in [3.8, 4) is 17.4 Å². The minimum Gasteiger partial charge on any atom is -0.477 e. The summed E-state index contributed by atoms with van der Waals surface area (Å²) in [6.45, 7) is 2.33. The van der Waals surface area contributed by atoms with Gasteiger partial charge in [0.1, 0.15) is 11.4 Å². The third kappa shape index (κ3) is 5.30. The van der Waals surface area contributed by atoms with Crippen LogP contribution < -0.4 is 15.0 Å². The minimum atomic E-state index is -0.315. The molecule has 0 atom stereocenters. The van der Waals surface area contributed by atoms with Crippen molar-refractivity contribution in [1.29, 1.82) is 0 Å². The van der Waals surface area contributed by atoms with Crippen LogP contribution in [0.2, 0.25) is 0 Å². The maximum atomic E-state index is 13.0. The Morgan fingerprint density at radius 3 is 2.70 bits per heavy atom. The molecule has 3 aromatic rings. The molecule has 0 spiro atoms. The first-order chi connectivity index (χ1) is 15.9. The van der Waals surface area contributed by atoms with E-state index in [4.69, 9.17) is 9.47 Å². The van der Waals surface area contributed by atoms with Gasteiger partial charge in [-0.3, -0.25) is 4.79 Å². The SMILES string of the molecule is CN(C)c1ncc(CNC(=O)c2cc(OCC3CCOCC3)nc(-c3cncn3C)n2)n1C. The molecular formula is C22H30N8O3. The molecule has 11 heteroatoms. The standard InChI is InChI=1S/C22H30N8O3/c1-28(2)22-25-11-16(30(22)4)10-24-21(31)17-9-19(33-13-15-5-7-32-8-6-15)27-20(26-17)18-12-23-14-29(18)3/h9,11-12,14-15H,5-8,10,13H2,1-4H3,(H,24,31). The van der Waals surface area contributed by atoms with Crippen molar-refractivity contribution in [1.82, 2.24) is 34.4 Å². The van der Waals surface area contributed by atoms with E-state index in [1.807, 2.05) is 37.7 Å². The highest BCUT2D eigenvalue weighted by Gasteiger charge is 2.19. The number of imidazole rings is 2. The summed E-state index contributed by atoms with van der Waals surface area (Å²) in [4.78, 5) is 32.4. The quantitative estimate of drug-likeness (QED) is 0.544. The molecule has 0 aliphatic carbocycles. The van der Waals surface area contributed by atoms with Gasteiger partial charge in [-0.1, -0.05) is 0 Å². The number of aryl methyl sites for hydroxylation is 1. The first-order valence-electron chi connectivity index (χ1n) is 10.9. The van der Waals surface area contributed by atoms with E-state index < -0.39 is 0 Å². The van der Waals surface area contributed by atoms with Crippen molar-refractivity contribution >= 4 is 11.9 Å². The van der Waals surface area contributed by atoms with Gasteiger partial charge in [-0.2, -0.15) is 4.98 Å². The molecule has 0 unspecified atom stereocenters. The molecule has 1 aliphatic heterocycles. The predicted molar refractivity (Wildman–Crippen MR) is 122 cm³/mol. The number of carbonyl (C=O) groups is 1. The van der Waals surface area contributed by atoms with Crippen molar-refractivity contribution in [3.05, 3.63) is 36.2 Å². The topological polar surface area (TPSA) is 112 Å². The molecule has 0 saturated carbocycles. The Labute approximate surface area is 192 Å². The Bertz CT molecular complexity index is 1100. The summed E-state index contributed by atoms with van der Waals surface area (Å²) in [5.41, 5.74) is 1.81. The van der Waals surface area contributed by atoms with Crippen molar-refractivity contribution in [2.24, 2.45) is 20.0 Å². The molecule has 1 saturated heterocycles. The Morgan fingerprint density at radius 1 is 1.24 bits per heavy atom. The highest BCUT2D eigenvalue weighted by Crippen LogP contribution is 2.21. The van der Waals surface area contributed by atoms with Gasteiger partial charge in [-0.25, -0.2) is 15.0 Å². The van der Waals surface area contributed by atoms with Crippen LogP contribution >= 0.6 is 0 Å². The number of carbonyl (C=O) groups excluding carboxylic acids is 1. The van der Waals surface area contributed by atoms with Crippen molar-refractivity contribution < 1.29 is 14.3 Å². The minimum absolute atomic E-state index is 0.234. The van der Waals surface area contributed by atoms with Crippen LogP contribution in [-0.4, -0.2) is 68.9 Å². The first-order valence-corrected chi connectivity index (χ1v) is 10.9. The maximum absolute atomic E-state index is 13.0. The van der Waals surface area contributed by atoms with Crippen molar-refractivity contribution in [2.75, 3.05) is 38.8 Å². The fraction of sp³-hybridized carbons (Fsp3) is 0.500. The number of hydrogen-bond donors (Lipinski definition) is 1. The van der Waals surface area contributed by atoms with Crippen LogP contribution in [-0.2, 0) is 25.4 Å². The molecule has 1 N–H and O–H groups in total. The maximum Gasteiger partial charge on any atom is 0.270 e. The zero-order chi connectivity index (χ0) is 23.4. The van der Waals surface area contributed by atoms with E-state index >= 15 is 0 Å². The number of nitrogens with zero attached hydrogens (tertiary/aromatic N) is 7. The van der Waals surface area contributed by atoms with Gasteiger partial charge in [0, 0.05) is 47.5 Å². The Balaban J connectivity index is 1.52. The Morgan fingerprint density at radius 2 is 2.03 bits per heavy atom. The average Bonchev–Trinajstić information content (AvgIpc) is 3.41. The first kappa shape index (κ1) is 22.7. The van der Waals surface area contributed by atoms with Gasteiger partial charge in [-0.15, -0.1) is 0 Å². The molecule has 0 radical (unpaired) electrons. The zero-order valence-electron chi connectivity index (χ0n) is 19.5. The summed E-state index contributed by atoms with van der Waals surface area (Å²) >= 11 is 0. The molecule has 1 amide bonds. The van der Waals surface area contributed by atoms with E-state index in [1.54, 1.807) is 29.4 Å². The third-order valence-corrected chi connectivity index (χ3v) is 5.68. The van der Waals surface area contributed by atoms with Crippen LogP contribution in [0.3, 0.4) is 0 Å². The second kappa shape index (κ2) is 9.99.